The lowest BCUT2D eigenvalue weighted by molar-refractivity contribution is 0.0322. The first-order valence-electron chi connectivity index (χ1n) is 5.43. The van der Waals surface area contributed by atoms with Gasteiger partial charge in [-0.1, -0.05) is 5.10 Å². The first kappa shape index (κ1) is 11.7. The molecule has 1 aliphatic rings. The molecule has 2 heterocycles. The van der Waals surface area contributed by atoms with E-state index in [2.05, 4.69) is 22.0 Å². The van der Waals surface area contributed by atoms with Crippen LogP contribution in [0.1, 0.15) is 32.0 Å². The summed E-state index contributed by atoms with van der Waals surface area (Å²) in [6, 6.07) is 0.778. The molecule has 0 saturated carbocycles. The SMILES string of the molecule is CC1CN(c2nnc(C(C)Cl)o2)C(C)CO1. The van der Waals surface area contributed by atoms with E-state index in [0.29, 0.717) is 18.5 Å². The van der Waals surface area contributed by atoms with Crippen LogP contribution >= 0.6 is 11.6 Å². The van der Waals surface area contributed by atoms with E-state index in [9.17, 15) is 0 Å². The van der Waals surface area contributed by atoms with Gasteiger partial charge in [0, 0.05) is 6.54 Å². The van der Waals surface area contributed by atoms with E-state index < -0.39 is 0 Å². The molecule has 0 spiro atoms. The number of aromatic nitrogens is 2. The molecule has 6 heteroatoms. The first-order valence-corrected chi connectivity index (χ1v) is 5.87. The highest BCUT2D eigenvalue weighted by atomic mass is 35.5. The molecule has 90 valence electrons. The summed E-state index contributed by atoms with van der Waals surface area (Å²) in [4.78, 5) is 2.06. The third kappa shape index (κ3) is 2.30. The highest BCUT2D eigenvalue weighted by molar-refractivity contribution is 6.20. The summed E-state index contributed by atoms with van der Waals surface area (Å²) in [5, 5.41) is 7.68. The molecular formula is C10H16ClN3O2. The molecule has 1 fully saturated rings. The van der Waals surface area contributed by atoms with Gasteiger partial charge in [-0.3, -0.25) is 0 Å². The van der Waals surface area contributed by atoms with E-state index in [4.69, 9.17) is 20.8 Å². The summed E-state index contributed by atoms with van der Waals surface area (Å²) < 4.78 is 11.1. The van der Waals surface area contributed by atoms with Gasteiger partial charge in [0.15, 0.2) is 0 Å². The Kier molecular flexibility index (Phi) is 3.35. The van der Waals surface area contributed by atoms with Gasteiger partial charge in [-0.15, -0.1) is 16.7 Å². The van der Waals surface area contributed by atoms with Gasteiger partial charge in [0.05, 0.1) is 18.8 Å². The number of morpholine rings is 1. The number of anilines is 1. The maximum absolute atomic E-state index is 5.88. The maximum Gasteiger partial charge on any atom is 0.318 e. The number of halogens is 1. The molecule has 16 heavy (non-hydrogen) atoms. The van der Waals surface area contributed by atoms with Crippen LogP contribution in [-0.4, -0.2) is 35.5 Å². The van der Waals surface area contributed by atoms with Crippen LogP contribution < -0.4 is 4.90 Å². The fraction of sp³-hybridized carbons (Fsp3) is 0.800. The van der Waals surface area contributed by atoms with Gasteiger partial charge < -0.3 is 14.1 Å². The van der Waals surface area contributed by atoms with Crippen LogP contribution in [0.2, 0.25) is 0 Å². The molecule has 0 amide bonds. The Morgan fingerprint density at radius 1 is 1.44 bits per heavy atom. The fourth-order valence-electron chi connectivity index (χ4n) is 1.67. The minimum Gasteiger partial charge on any atom is -0.406 e. The molecule has 0 aliphatic carbocycles. The molecule has 1 saturated heterocycles. The normalized spacial score (nSPS) is 28.1. The molecule has 1 aromatic heterocycles. The predicted molar refractivity (Wildman–Crippen MR) is 60.8 cm³/mol. The smallest absolute Gasteiger partial charge is 0.318 e. The second-order valence-corrected chi connectivity index (χ2v) is 4.84. The average Bonchev–Trinajstić information content (AvgIpc) is 2.70. The van der Waals surface area contributed by atoms with Crippen molar-refractivity contribution in [3.8, 4) is 0 Å². The molecule has 2 rings (SSSR count). The van der Waals surface area contributed by atoms with Crippen LogP contribution in [0.15, 0.2) is 4.42 Å². The fourth-order valence-corrected chi connectivity index (χ4v) is 1.76. The van der Waals surface area contributed by atoms with Crippen LogP contribution in [0.3, 0.4) is 0 Å². The van der Waals surface area contributed by atoms with Crippen LogP contribution in [-0.2, 0) is 4.74 Å². The quantitative estimate of drug-likeness (QED) is 0.746. The zero-order valence-corrected chi connectivity index (χ0v) is 10.4. The second kappa shape index (κ2) is 4.59. The van der Waals surface area contributed by atoms with Crippen molar-refractivity contribution in [3.63, 3.8) is 0 Å². The standard InChI is InChI=1S/C10H16ClN3O2/c1-6-5-15-7(2)4-14(6)10-13-12-9(16-10)8(3)11/h6-8H,4-5H2,1-3H3. The van der Waals surface area contributed by atoms with E-state index >= 15 is 0 Å². The van der Waals surface area contributed by atoms with Crippen LogP contribution in [0.25, 0.3) is 0 Å². The summed E-state index contributed by atoms with van der Waals surface area (Å²) in [5.41, 5.74) is 0. The highest BCUT2D eigenvalue weighted by Crippen LogP contribution is 2.24. The summed E-state index contributed by atoms with van der Waals surface area (Å²) in [5.74, 6) is 0.461. The number of hydrogen-bond acceptors (Lipinski definition) is 5. The molecular weight excluding hydrogens is 230 g/mol. The van der Waals surface area contributed by atoms with E-state index in [1.807, 2.05) is 13.8 Å². The number of hydrogen-bond donors (Lipinski definition) is 0. The number of alkyl halides is 1. The Morgan fingerprint density at radius 3 is 2.81 bits per heavy atom. The Hall–Kier alpha value is -0.810. The lowest BCUT2D eigenvalue weighted by Gasteiger charge is -2.35. The van der Waals surface area contributed by atoms with E-state index in [-0.39, 0.29) is 17.5 Å². The minimum atomic E-state index is -0.255. The largest absolute Gasteiger partial charge is 0.406 e. The van der Waals surface area contributed by atoms with Gasteiger partial charge in [-0.25, -0.2) is 0 Å². The third-order valence-electron chi connectivity index (χ3n) is 2.62. The first-order chi connectivity index (χ1) is 7.58. The van der Waals surface area contributed by atoms with Crippen molar-refractivity contribution in [1.82, 2.24) is 10.2 Å². The second-order valence-electron chi connectivity index (χ2n) is 4.18. The van der Waals surface area contributed by atoms with Crippen molar-refractivity contribution >= 4 is 17.6 Å². The van der Waals surface area contributed by atoms with Crippen LogP contribution in [0, 0.1) is 0 Å². The van der Waals surface area contributed by atoms with Crippen molar-refractivity contribution in [3.05, 3.63) is 5.89 Å². The zero-order chi connectivity index (χ0) is 11.7. The van der Waals surface area contributed by atoms with Gasteiger partial charge in [0.2, 0.25) is 5.89 Å². The topological polar surface area (TPSA) is 51.4 Å². The molecule has 1 aromatic rings. The van der Waals surface area contributed by atoms with Crippen LogP contribution in [0.4, 0.5) is 6.01 Å². The van der Waals surface area contributed by atoms with E-state index in [0.717, 1.165) is 6.54 Å². The zero-order valence-electron chi connectivity index (χ0n) is 9.68. The van der Waals surface area contributed by atoms with Crippen molar-refractivity contribution in [1.29, 1.82) is 0 Å². The Morgan fingerprint density at radius 2 is 2.19 bits per heavy atom. The lowest BCUT2D eigenvalue weighted by atomic mass is 10.2. The van der Waals surface area contributed by atoms with Crippen LogP contribution in [0.5, 0.6) is 0 Å². The van der Waals surface area contributed by atoms with Gasteiger partial charge in [0.1, 0.15) is 5.38 Å². The van der Waals surface area contributed by atoms with Crippen molar-refractivity contribution in [2.75, 3.05) is 18.1 Å². The Bertz CT molecular complexity index is 356. The molecule has 5 nitrogen and oxygen atoms in total. The van der Waals surface area contributed by atoms with Gasteiger partial charge in [0.25, 0.3) is 0 Å². The van der Waals surface area contributed by atoms with Gasteiger partial charge in [-0.05, 0) is 20.8 Å². The van der Waals surface area contributed by atoms with Gasteiger partial charge in [-0.2, -0.15) is 0 Å². The maximum atomic E-state index is 5.88. The highest BCUT2D eigenvalue weighted by Gasteiger charge is 2.27. The van der Waals surface area contributed by atoms with E-state index in [1.165, 1.54) is 0 Å². The molecule has 0 bridgehead atoms. The monoisotopic (exact) mass is 245 g/mol. The number of rotatable bonds is 2. The lowest BCUT2D eigenvalue weighted by Crippen LogP contribution is -2.47. The molecule has 3 atom stereocenters. The van der Waals surface area contributed by atoms with E-state index in [1.54, 1.807) is 0 Å². The Labute approximate surface area is 99.7 Å². The minimum absolute atomic E-state index is 0.181. The molecule has 1 aliphatic heterocycles. The third-order valence-corrected chi connectivity index (χ3v) is 2.81. The van der Waals surface area contributed by atoms with Gasteiger partial charge >= 0.3 is 6.01 Å². The summed E-state index contributed by atoms with van der Waals surface area (Å²) >= 11 is 5.88. The predicted octanol–water partition coefficient (Wildman–Crippen LogP) is 1.98. The van der Waals surface area contributed by atoms with Crippen molar-refractivity contribution in [2.24, 2.45) is 0 Å². The summed E-state index contributed by atoms with van der Waals surface area (Å²) in [7, 11) is 0. The summed E-state index contributed by atoms with van der Waals surface area (Å²) in [6.07, 6.45) is 0.181. The molecule has 0 radical (unpaired) electrons. The van der Waals surface area contributed by atoms with Crippen molar-refractivity contribution in [2.45, 2.75) is 38.3 Å². The average molecular weight is 246 g/mol. The number of ether oxygens (including phenoxy) is 1. The molecule has 0 N–H and O–H groups in total. The Balaban J connectivity index is 2.15. The number of nitrogens with zero attached hydrogens (tertiary/aromatic N) is 3. The molecule has 3 unspecified atom stereocenters. The van der Waals surface area contributed by atoms with Crippen molar-refractivity contribution < 1.29 is 9.15 Å². The molecule has 0 aromatic carbocycles. The summed E-state index contributed by atoms with van der Waals surface area (Å²) in [6.45, 7) is 7.35.